The molecule has 0 spiro atoms. The number of nitrogens with zero attached hydrogens (tertiary/aromatic N) is 4. The molecule has 1 amide bonds. The van der Waals surface area contributed by atoms with Crippen molar-refractivity contribution < 1.29 is 13.6 Å². The molecule has 0 aromatic heterocycles. The molecule has 2 aliphatic heterocycles. The van der Waals surface area contributed by atoms with Crippen LogP contribution in [0.2, 0.25) is 0 Å². The van der Waals surface area contributed by atoms with Crippen molar-refractivity contribution >= 4 is 17.6 Å². The minimum atomic E-state index is -0.425. The summed E-state index contributed by atoms with van der Waals surface area (Å²) in [5.74, 6) is -0.245. The van der Waals surface area contributed by atoms with E-state index in [1.165, 1.54) is 30.3 Å². The summed E-state index contributed by atoms with van der Waals surface area (Å²) in [5.41, 5.74) is 1.31. The molecule has 5 nitrogen and oxygen atoms in total. The molecule has 2 aromatic rings. The molecule has 27 heavy (non-hydrogen) atoms. The van der Waals surface area contributed by atoms with Gasteiger partial charge in [-0.15, -0.1) is 0 Å². The molecule has 2 heterocycles. The topological polar surface area (TPSA) is 39.2 Å². The van der Waals surface area contributed by atoms with Gasteiger partial charge in [-0.2, -0.15) is 0 Å². The molecule has 1 fully saturated rings. The van der Waals surface area contributed by atoms with Crippen molar-refractivity contribution in [1.29, 1.82) is 0 Å². The molecule has 0 atom stereocenters. The number of benzene rings is 2. The molecule has 2 aliphatic rings. The van der Waals surface area contributed by atoms with Crippen molar-refractivity contribution in [2.45, 2.75) is 0 Å². The Morgan fingerprint density at radius 2 is 1.56 bits per heavy atom. The molecule has 4 rings (SSSR count). The smallest absolute Gasteiger partial charge is 0.260 e. The number of carbonyl (C=O) groups is 1. The molecule has 0 unspecified atom stereocenters. The van der Waals surface area contributed by atoms with Gasteiger partial charge in [0.05, 0.1) is 6.54 Å². The fourth-order valence-electron chi connectivity index (χ4n) is 3.49. The van der Waals surface area contributed by atoms with E-state index in [0.717, 1.165) is 18.8 Å². The van der Waals surface area contributed by atoms with Gasteiger partial charge in [0.25, 0.3) is 5.91 Å². The van der Waals surface area contributed by atoms with Crippen LogP contribution in [0.3, 0.4) is 0 Å². The maximum absolute atomic E-state index is 13.5. The summed E-state index contributed by atoms with van der Waals surface area (Å²) in [6.45, 7) is 3.99. The minimum absolute atomic E-state index is 0.230. The van der Waals surface area contributed by atoms with Crippen molar-refractivity contribution in [3.63, 3.8) is 0 Å². The number of aliphatic imine (C=N–C) groups is 1. The number of amides is 1. The molecule has 0 saturated carbocycles. The lowest BCUT2D eigenvalue weighted by Crippen LogP contribution is -2.53. The fourth-order valence-corrected chi connectivity index (χ4v) is 3.49. The first kappa shape index (κ1) is 17.5. The van der Waals surface area contributed by atoms with Gasteiger partial charge in [-0.1, -0.05) is 6.07 Å². The summed E-state index contributed by atoms with van der Waals surface area (Å²) in [4.78, 5) is 23.2. The van der Waals surface area contributed by atoms with Crippen LogP contribution in [0.25, 0.3) is 0 Å². The second-order valence-corrected chi connectivity index (χ2v) is 6.60. The van der Waals surface area contributed by atoms with E-state index in [0.29, 0.717) is 37.7 Å². The Morgan fingerprint density at radius 3 is 2.26 bits per heavy atom. The third-order valence-electron chi connectivity index (χ3n) is 4.89. The molecule has 0 aliphatic carbocycles. The minimum Gasteiger partial charge on any atom is -0.368 e. The van der Waals surface area contributed by atoms with Crippen molar-refractivity contribution in [2.75, 3.05) is 44.2 Å². The summed E-state index contributed by atoms with van der Waals surface area (Å²) < 4.78 is 26.6. The fraction of sp³-hybridized carbons (Fsp3) is 0.300. The third kappa shape index (κ3) is 3.63. The van der Waals surface area contributed by atoms with E-state index in [9.17, 15) is 13.6 Å². The predicted molar refractivity (Wildman–Crippen MR) is 99.9 cm³/mol. The van der Waals surface area contributed by atoms with Crippen LogP contribution >= 0.6 is 0 Å². The lowest BCUT2D eigenvalue weighted by atomic mass is 10.2. The predicted octanol–water partition coefficient (Wildman–Crippen LogP) is 2.60. The van der Waals surface area contributed by atoms with Crippen LogP contribution in [0.1, 0.15) is 10.4 Å². The lowest BCUT2D eigenvalue weighted by molar-refractivity contribution is 0.0842. The van der Waals surface area contributed by atoms with Crippen molar-refractivity contribution in [2.24, 2.45) is 4.99 Å². The molecule has 140 valence electrons. The SMILES string of the molecule is O=C(c1cccc(F)c1)N1CCN=C1N1CCN(c2ccc(F)cc2)CC1. The Balaban J connectivity index is 1.43. The molecule has 0 bridgehead atoms. The van der Waals surface area contributed by atoms with Crippen molar-refractivity contribution in [3.8, 4) is 0 Å². The first-order valence-corrected chi connectivity index (χ1v) is 8.99. The first-order chi connectivity index (χ1) is 13.1. The second kappa shape index (κ2) is 7.34. The number of anilines is 1. The van der Waals surface area contributed by atoms with Gasteiger partial charge in [-0.3, -0.25) is 14.7 Å². The van der Waals surface area contributed by atoms with E-state index in [4.69, 9.17) is 0 Å². The van der Waals surface area contributed by atoms with Crippen LogP contribution < -0.4 is 4.90 Å². The number of guanidine groups is 1. The highest BCUT2D eigenvalue weighted by atomic mass is 19.1. The maximum atomic E-state index is 13.5. The Kier molecular flexibility index (Phi) is 4.75. The molecule has 2 aromatic carbocycles. The number of carbonyl (C=O) groups excluding carboxylic acids is 1. The van der Waals surface area contributed by atoms with E-state index >= 15 is 0 Å². The highest BCUT2D eigenvalue weighted by Gasteiger charge is 2.31. The molecular weight excluding hydrogens is 350 g/mol. The van der Waals surface area contributed by atoms with Gasteiger partial charge in [-0.25, -0.2) is 8.78 Å². The summed E-state index contributed by atoms with van der Waals surface area (Å²) in [6.07, 6.45) is 0. The van der Waals surface area contributed by atoms with Crippen LogP contribution in [0.5, 0.6) is 0 Å². The zero-order chi connectivity index (χ0) is 18.8. The van der Waals surface area contributed by atoms with E-state index in [2.05, 4.69) is 14.8 Å². The molecule has 1 saturated heterocycles. The number of hydrogen-bond acceptors (Lipinski definition) is 4. The van der Waals surface area contributed by atoms with Gasteiger partial charge in [0, 0.05) is 44.0 Å². The lowest BCUT2D eigenvalue weighted by Gasteiger charge is -2.38. The number of hydrogen-bond donors (Lipinski definition) is 0. The normalized spacial score (nSPS) is 17.3. The summed E-state index contributed by atoms with van der Waals surface area (Å²) >= 11 is 0. The summed E-state index contributed by atoms with van der Waals surface area (Å²) in [6, 6.07) is 12.2. The Morgan fingerprint density at radius 1 is 0.852 bits per heavy atom. The summed E-state index contributed by atoms with van der Waals surface area (Å²) in [5, 5.41) is 0. The average molecular weight is 370 g/mol. The van der Waals surface area contributed by atoms with Crippen LogP contribution in [0, 0.1) is 11.6 Å². The van der Waals surface area contributed by atoms with Gasteiger partial charge in [0.1, 0.15) is 11.6 Å². The van der Waals surface area contributed by atoms with E-state index < -0.39 is 5.82 Å². The molecule has 7 heteroatoms. The largest absolute Gasteiger partial charge is 0.368 e. The Hall–Kier alpha value is -2.96. The van der Waals surface area contributed by atoms with Gasteiger partial charge in [0.2, 0.25) is 5.96 Å². The van der Waals surface area contributed by atoms with Crippen LogP contribution in [0.4, 0.5) is 14.5 Å². The Labute approximate surface area is 156 Å². The first-order valence-electron chi connectivity index (χ1n) is 8.99. The van der Waals surface area contributed by atoms with E-state index in [1.54, 1.807) is 23.1 Å². The van der Waals surface area contributed by atoms with Crippen LogP contribution in [-0.2, 0) is 0 Å². The highest BCUT2D eigenvalue weighted by molar-refractivity contribution is 6.06. The van der Waals surface area contributed by atoms with Gasteiger partial charge in [-0.05, 0) is 42.5 Å². The second-order valence-electron chi connectivity index (χ2n) is 6.60. The van der Waals surface area contributed by atoms with E-state index in [-0.39, 0.29) is 11.7 Å². The van der Waals surface area contributed by atoms with Gasteiger partial charge in [0.15, 0.2) is 0 Å². The molecule has 0 N–H and O–H groups in total. The monoisotopic (exact) mass is 370 g/mol. The number of rotatable bonds is 2. The van der Waals surface area contributed by atoms with Crippen LogP contribution in [0.15, 0.2) is 53.5 Å². The van der Waals surface area contributed by atoms with E-state index in [1.807, 2.05) is 0 Å². The van der Waals surface area contributed by atoms with Crippen molar-refractivity contribution in [3.05, 3.63) is 65.7 Å². The zero-order valence-corrected chi connectivity index (χ0v) is 14.8. The number of piperazine rings is 1. The molecular formula is C20H20F2N4O. The zero-order valence-electron chi connectivity index (χ0n) is 14.8. The third-order valence-corrected chi connectivity index (χ3v) is 4.89. The average Bonchev–Trinajstić information content (AvgIpc) is 3.18. The standard InChI is InChI=1S/C20H20F2N4O/c21-16-4-6-18(7-5-16)24-10-12-25(13-11-24)20-23-8-9-26(20)19(27)15-2-1-3-17(22)14-15/h1-7,14H,8-13H2. The summed E-state index contributed by atoms with van der Waals surface area (Å²) in [7, 11) is 0. The number of halogens is 2. The van der Waals surface area contributed by atoms with Crippen LogP contribution in [-0.4, -0.2) is 60.9 Å². The van der Waals surface area contributed by atoms with Crippen molar-refractivity contribution in [1.82, 2.24) is 9.80 Å². The van der Waals surface area contributed by atoms with Gasteiger partial charge < -0.3 is 9.80 Å². The maximum Gasteiger partial charge on any atom is 0.260 e. The van der Waals surface area contributed by atoms with Gasteiger partial charge >= 0.3 is 0 Å². The highest BCUT2D eigenvalue weighted by Crippen LogP contribution is 2.19. The quantitative estimate of drug-likeness (QED) is 0.816. The molecule has 0 radical (unpaired) electrons. The Bertz CT molecular complexity index is 861.